The molecular formula is C17H16F3N3. The standard InChI is InChI=1S/C17H16F3N3/c1-4-9(2)5-14-16(10(3)22-15(8-21)23-14)17-12(19)6-11(18)7-13(17)20/h6-7,9H,4-5H2,1-3H3. The van der Waals surface area contributed by atoms with Crippen LogP contribution in [0.2, 0.25) is 0 Å². The van der Waals surface area contributed by atoms with Crippen molar-refractivity contribution in [1.29, 1.82) is 5.26 Å². The van der Waals surface area contributed by atoms with E-state index in [0.29, 0.717) is 29.9 Å². The Morgan fingerprint density at radius 3 is 2.26 bits per heavy atom. The Hall–Kier alpha value is -2.42. The molecule has 120 valence electrons. The molecular weight excluding hydrogens is 303 g/mol. The van der Waals surface area contributed by atoms with E-state index in [4.69, 9.17) is 5.26 Å². The van der Waals surface area contributed by atoms with Crippen molar-refractivity contribution in [3.8, 4) is 17.2 Å². The number of hydrogen-bond donors (Lipinski definition) is 0. The molecule has 0 saturated carbocycles. The maximum Gasteiger partial charge on any atom is 0.232 e. The van der Waals surface area contributed by atoms with Gasteiger partial charge in [0.2, 0.25) is 5.82 Å². The fraction of sp³-hybridized carbons (Fsp3) is 0.353. The Morgan fingerprint density at radius 2 is 1.74 bits per heavy atom. The highest BCUT2D eigenvalue weighted by Gasteiger charge is 2.22. The van der Waals surface area contributed by atoms with Gasteiger partial charge in [0.1, 0.15) is 23.5 Å². The van der Waals surface area contributed by atoms with Crippen LogP contribution in [0.5, 0.6) is 0 Å². The van der Waals surface area contributed by atoms with Crippen LogP contribution in [-0.2, 0) is 6.42 Å². The van der Waals surface area contributed by atoms with Gasteiger partial charge in [-0.1, -0.05) is 20.3 Å². The molecule has 1 atom stereocenters. The lowest BCUT2D eigenvalue weighted by Crippen LogP contribution is -2.09. The van der Waals surface area contributed by atoms with Gasteiger partial charge in [0, 0.05) is 17.7 Å². The molecule has 0 N–H and O–H groups in total. The maximum atomic E-state index is 14.2. The summed E-state index contributed by atoms with van der Waals surface area (Å²) in [4.78, 5) is 8.09. The Kier molecular flexibility index (Phi) is 4.99. The van der Waals surface area contributed by atoms with Crippen molar-refractivity contribution in [2.75, 3.05) is 0 Å². The van der Waals surface area contributed by atoms with Crippen LogP contribution in [0.3, 0.4) is 0 Å². The molecule has 3 nitrogen and oxygen atoms in total. The lowest BCUT2D eigenvalue weighted by molar-refractivity contribution is 0.541. The third kappa shape index (κ3) is 3.50. The van der Waals surface area contributed by atoms with Gasteiger partial charge in [-0.2, -0.15) is 5.26 Å². The quantitative estimate of drug-likeness (QED) is 0.843. The van der Waals surface area contributed by atoms with Crippen molar-refractivity contribution in [3.05, 3.63) is 46.8 Å². The second-order valence-corrected chi connectivity index (χ2v) is 5.53. The van der Waals surface area contributed by atoms with Gasteiger partial charge in [-0.15, -0.1) is 0 Å². The summed E-state index contributed by atoms with van der Waals surface area (Å²) < 4.78 is 41.5. The molecule has 2 aromatic rings. The molecule has 0 radical (unpaired) electrons. The van der Waals surface area contributed by atoms with Crippen LogP contribution in [-0.4, -0.2) is 9.97 Å². The van der Waals surface area contributed by atoms with Crippen LogP contribution in [0.25, 0.3) is 11.1 Å². The second-order valence-electron chi connectivity index (χ2n) is 5.53. The molecule has 0 saturated heterocycles. The predicted molar refractivity (Wildman–Crippen MR) is 80.0 cm³/mol. The zero-order valence-corrected chi connectivity index (χ0v) is 13.1. The van der Waals surface area contributed by atoms with Gasteiger partial charge in [-0.3, -0.25) is 0 Å². The average molecular weight is 319 g/mol. The molecule has 1 aromatic carbocycles. The van der Waals surface area contributed by atoms with Crippen LogP contribution in [0, 0.1) is 41.6 Å². The molecule has 0 aliphatic heterocycles. The van der Waals surface area contributed by atoms with E-state index >= 15 is 0 Å². The first kappa shape index (κ1) is 16.9. The van der Waals surface area contributed by atoms with Crippen LogP contribution in [0.15, 0.2) is 12.1 Å². The van der Waals surface area contributed by atoms with Crippen molar-refractivity contribution in [2.24, 2.45) is 5.92 Å². The largest absolute Gasteiger partial charge is 0.232 e. The predicted octanol–water partition coefficient (Wildman–Crippen LogP) is 4.33. The number of halogens is 3. The Morgan fingerprint density at radius 1 is 1.13 bits per heavy atom. The van der Waals surface area contributed by atoms with Crippen LogP contribution < -0.4 is 0 Å². The Bertz CT molecular complexity index is 758. The number of hydrogen-bond acceptors (Lipinski definition) is 3. The second kappa shape index (κ2) is 6.78. The molecule has 0 amide bonds. The molecule has 23 heavy (non-hydrogen) atoms. The summed E-state index contributed by atoms with van der Waals surface area (Å²) in [6, 6.07) is 3.10. The van der Waals surface area contributed by atoms with Crippen molar-refractivity contribution < 1.29 is 13.2 Å². The topological polar surface area (TPSA) is 49.6 Å². The van der Waals surface area contributed by atoms with E-state index in [-0.39, 0.29) is 22.9 Å². The van der Waals surface area contributed by atoms with E-state index in [0.717, 1.165) is 6.42 Å². The number of aryl methyl sites for hydroxylation is 1. The fourth-order valence-corrected chi connectivity index (χ4v) is 2.41. The first-order chi connectivity index (χ1) is 10.9. The summed E-state index contributed by atoms with van der Waals surface area (Å²) >= 11 is 0. The van der Waals surface area contributed by atoms with Crippen LogP contribution in [0.4, 0.5) is 13.2 Å². The lowest BCUT2D eigenvalue weighted by atomic mass is 9.94. The molecule has 0 spiro atoms. The smallest absolute Gasteiger partial charge is 0.224 e. The van der Waals surface area contributed by atoms with Gasteiger partial charge in [0.25, 0.3) is 0 Å². The highest BCUT2D eigenvalue weighted by molar-refractivity contribution is 5.70. The highest BCUT2D eigenvalue weighted by atomic mass is 19.1. The van der Waals surface area contributed by atoms with Gasteiger partial charge in [0.05, 0.1) is 17.0 Å². The minimum atomic E-state index is -1.01. The normalized spacial score (nSPS) is 12.0. The molecule has 0 aliphatic rings. The summed E-state index contributed by atoms with van der Waals surface area (Å²) in [5.41, 5.74) is 0.526. The van der Waals surface area contributed by atoms with E-state index in [1.807, 2.05) is 19.9 Å². The van der Waals surface area contributed by atoms with Gasteiger partial charge >= 0.3 is 0 Å². The SMILES string of the molecule is CCC(C)Cc1nc(C#N)nc(C)c1-c1c(F)cc(F)cc1F. The molecule has 0 aliphatic carbocycles. The summed E-state index contributed by atoms with van der Waals surface area (Å²) in [5.74, 6) is -2.85. The molecule has 1 aromatic heterocycles. The third-order valence-corrected chi connectivity index (χ3v) is 3.76. The molecule has 0 bridgehead atoms. The van der Waals surface area contributed by atoms with E-state index in [2.05, 4.69) is 9.97 Å². The number of aromatic nitrogens is 2. The number of nitriles is 1. The van der Waals surface area contributed by atoms with Crippen molar-refractivity contribution in [2.45, 2.75) is 33.6 Å². The number of benzene rings is 1. The fourth-order valence-electron chi connectivity index (χ4n) is 2.41. The van der Waals surface area contributed by atoms with E-state index in [9.17, 15) is 13.2 Å². The first-order valence-electron chi connectivity index (χ1n) is 7.29. The maximum absolute atomic E-state index is 14.2. The van der Waals surface area contributed by atoms with Gasteiger partial charge in [-0.25, -0.2) is 23.1 Å². The Balaban J connectivity index is 2.73. The molecule has 0 fully saturated rings. The number of nitrogens with zero attached hydrogens (tertiary/aromatic N) is 3. The minimum Gasteiger partial charge on any atom is -0.224 e. The van der Waals surface area contributed by atoms with Crippen LogP contribution >= 0.6 is 0 Å². The summed E-state index contributed by atoms with van der Waals surface area (Å²) in [6.45, 7) is 5.52. The average Bonchev–Trinajstić information content (AvgIpc) is 2.48. The van der Waals surface area contributed by atoms with Gasteiger partial charge in [-0.05, 0) is 19.3 Å². The van der Waals surface area contributed by atoms with Crippen LogP contribution in [0.1, 0.15) is 37.5 Å². The van der Waals surface area contributed by atoms with Gasteiger partial charge < -0.3 is 0 Å². The molecule has 2 rings (SSSR count). The zero-order valence-electron chi connectivity index (χ0n) is 13.1. The molecule has 6 heteroatoms. The Labute approximate surface area is 132 Å². The first-order valence-corrected chi connectivity index (χ1v) is 7.29. The molecule has 1 heterocycles. The minimum absolute atomic E-state index is 0.0486. The molecule has 1 unspecified atom stereocenters. The van der Waals surface area contributed by atoms with Crippen molar-refractivity contribution in [3.63, 3.8) is 0 Å². The summed E-state index contributed by atoms with van der Waals surface area (Å²) in [6.07, 6.45) is 1.29. The van der Waals surface area contributed by atoms with Gasteiger partial charge in [0.15, 0.2) is 0 Å². The van der Waals surface area contributed by atoms with Crippen molar-refractivity contribution >= 4 is 0 Å². The van der Waals surface area contributed by atoms with Crippen molar-refractivity contribution in [1.82, 2.24) is 9.97 Å². The highest BCUT2D eigenvalue weighted by Crippen LogP contribution is 2.32. The van der Waals surface area contributed by atoms with E-state index in [1.54, 1.807) is 6.92 Å². The zero-order chi connectivity index (χ0) is 17.1. The monoisotopic (exact) mass is 319 g/mol. The lowest BCUT2D eigenvalue weighted by Gasteiger charge is -2.16. The summed E-state index contributed by atoms with van der Waals surface area (Å²) in [5, 5.41) is 9.01. The third-order valence-electron chi connectivity index (χ3n) is 3.76. The van der Waals surface area contributed by atoms with E-state index in [1.165, 1.54) is 0 Å². The summed E-state index contributed by atoms with van der Waals surface area (Å²) in [7, 11) is 0. The van der Waals surface area contributed by atoms with E-state index < -0.39 is 17.5 Å². The number of rotatable bonds is 4.